The second-order valence-electron chi connectivity index (χ2n) is 4.46. The van der Waals surface area contributed by atoms with Crippen LogP contribution in [-0.2, 0) is 0 Å². The van der Waals surface area contributed by atoms with Gasteiger partial charge in [-0.25, -0.2) is 4.90 Å². The molecule has 2 amide bonds. The normalized spacial score (nSPS) is 13.3. The molecule has 20 heavy (non-hydrogen) atoms. The van der Waals surface area contributed by atoms with Gasteiger partial charge in [0.05, 0.1) is 22.9 Å². The van der Waals surface area contributed by atoms with Crippen LogP contribution in [0, 0.1) is 18.3 Å². The Balaban J connectivity index is 2.17. The molecule has 0 N–H and O–H groups in total. The van der Waals surface area contributed by atoms with Gasteiger partial charge in [0, 0.05) is 6.20 Å². The van der Waals surface area contributed by atoms with E-state index in [0.717, 1.165) is 10.5 Å². The summed E-state index contributed by atoms with van der Waals surface area (Å²) >= 11 is 0. The highest BCUT2D eigenvalue weighted by molar-refractivity contribution is 6.33. The quantitative estimate of drug-likeness (QED) is 0.738. The summed E-state index contributed by atoms with van der Waals surface area (Å²) in [4.78, 5) is 29.7. The first kappa shape index (κ1) is 12.1. The third-order valence-electron chi connectivity index (χ3n) is 3.23. The smallest absolute Gasteiger partial charge is 0.268 e. The number of nitriles is 1. The standard InChI is InChI=1S/C15H9N3O2/c1-9-4-5-10(8-16)7-12(9)18-14(19)11-3-2-6-17-13(11)15(18)20/h2-7H,1H3. The number of imide groups is 1. The number of aromatic nitrogens is 1. The average molecular weight is 263 g/mol. The van der Waals surface area contributed by atoms with Crippen molar-refractivity contribution in [2.24, 2.45) is 0 Å². The lowest BCUT2D eigenvalue weighted by Gasteiger charge is -2.16. The summed E-state index contributed by atoms with van der Waals surface area (Å²) in [6, 6.07) is 10.1. The Morgan fingerprint density at radius 3 is 2.70 bits per heavy atom. The van der Waals surface area contributed by atoms with Crippen LogP contribution in [0.4, 0.5) is 5.69 Å². The highest BCUT2D eigenvalue weighted by Gasteiger charge is 2.38. The molecule has 3 rings (SSSR count). The molecule has 0 spiro atoms. The average Bonchev–Trinajstić information content (AvgIpc) is 2.72. The number of amides is 2. The van der Waals surface area contributed by atoms with E-state index in [0.29, 0.717) is 16.8 Å². The SMILES string of the molecule is Cc1ccc(C#N)cc1N1C(=O)c2cccnc2C1=O. The van der Waals surface area contributed by atoms with Gasteiger partial charge in [0.25, 0.3) is 11.8 Å². The predicted octanol–water partition coefficient (Wildman–Crippen LogP) is 2.06. The van der Waals surface area contributed by atoms with Crippen molar-refractivity contribution < 1.29 is 9.59 Å². The van der Waals surface area contributed by atoms with Crippen molar-refractivity contribution in [2.45, 2.75) is 6.92 Å². The molecule has 2 heterocycles. The van der Waals surface area contributed by atoms with Crippen molar-refractivity contribution in [1.82, 2.24) is 4.98 Å². The molecule has 0 bridgehead atoms. The maximum absolute atomic E-state index is 12.3. The summed E-state index contributed by atoms with van der Waals surface area (Å²) in [6.45, 7) is 1.79. The summed E-state index contributed by atoms with van der Waals surface area (Å²) in [5.41, 5.74) is 2.02. The first-order valence-corrected chi connectivity index (χ1v) is 5.98. The number of carbonyl (C=O) groups excluding carboxylic acids is 2. The summed E-state index contributed by atoms with van der Waals surface area (Å²) in [6.07, 6.45) is 1.48. The molecule has 1 aromatic carbocycles. The Morgan fingerprint density at radius 2 is 2.00 bits per heavy atom. The van der Waals surface area contributed by atoms with Crippen LogP contribution in [0.15, 0.2) is 36.5 Å². The van der Waals surface area contributed by atoms with Gasteiger partial charge in [-0.05, 0) is 36.8 Å². The number of pyridine rings is 1. The maximum atomic E-state index is 12.3. The second kappa shape index (κ2) is 4.28. The molecular formula is C15H9N3O2. The molecule has 0 saturated carbocycles. The predicted molar refractivity (Wildman–Crippen MR) is 71.3 cm³/mol. The van der Waals surface area contributed by atoms with E-state index >= 15 is 0 Å². The lowest BCUT2D eigenvalue weighted by molar-refractivity contribution is 0.0924. The van der Waals surface area contributed by atoms with Crippen molar-refractivity contribution in [3.63, 3.8) is 0 Å². The summed E-state index contributed by atoms with van der Waals surface area (Å²) in [5.74, 6) is -0.861. The fourth-order valence-electron chi connectivity index (χ4n) is 2.21. The van der Waals surface area contributed by atoms with E-state index in [1.165, 1.54) is 12.3 Å². The maximum Gasteiger partial charge on any atom is 0.284 e. The lowest BCUT2D eigenvalue weighted by atomic mass is 10.1. The van der Waals surface area contributed by atoms with Crippen LogP contribution in [0.5, 0.6) is 0 Å². The lowest BCUT2D eigenvalue weighted by Crippen LogP contribution is -2.30. The molecule has 0 unspecified atom stereocenters. The van der Waals surface area contributed by atoms with Crippen LogP contribution in [0.1, 0.15) is 32.0 Å². The van der Waals surface area contributed by atoms with Gasteiger partial charge >= 0.3 is 0 Å². The number of carbonyl (C=O) groups is 2. The monoisotopic (exact) mass is 263 g/mol. The van der Waals surface area contributed by atoms with E-state index in [2.05, 4.69) is 4.98 Å². The number of benzene rings is 1. The summed E-state index contributed by atoms with van der Waals surface area (Å²) < 4.78 is 0. The number of rotatable bonds is 1. The van der Waals surface area contributed by atoms with Gasteiger partial charge in [-0.3, -0.25) is 14.6 Å². The Labute approximate surface area is 115 Å². The van der Waals surface area contributed by atoms with E-state index in [9.17, 15) is 9.59 Å². The van der Waals surface area contributed by atoms with Gasteiger partial charge in [-0.1, -0.05) is 6.07 Å². The minimum Gasteiger partial charge on any atom is -0.268 e. The van der Waals surface area contributed by atoms with Gasteiger partial charge in [-0.15, -0.1) is 0 Å². The van der Waals surface area contributed by atoms with E-state index in [1.54, 1.807) is 31.2 Å². The van der Waals surface area contributed by atoms with Gasteiger partial charge < -0.3 is 0 Å². The van der Waals surface area contributed by atoms with E-state index in [1.807, 2.05) is 6.07 Å². The molecule has 0 saturated heterocycles. The highest BCUT2D eigenvalue weighted by Crippen LogP contribution is 2.30. The zero-order valence-corrected chi connectivity index (χ0v) is 10.6. The Kier molecular flexibility index (Phi) is 2.58. The van der Waals surface area contributed by atoms with Crippen LogP contribution in [0.2, 0.25) is 0 Å². The van der Waals surface area contributed by atoms with Gasteiger partial charge in [-0.2, -0.15) is 5.26 Å². The molecule has 0 fully saturated rings. The third-order valence-corrected chi connectivity index (χ3v) is 3.23. The summed E-state index contributed by atoms with van der Waals surface area (Å²) in [7, 11) is 0. The minimum absolute atomic E-state index is 0.152. The van der Waals surface area contributed by atoms with Crippen molar-refractivity contribution in [2.75, 3.05) is 4.90 Å². The number of aryl methyl sites for hydroxylation is 1. The molecule has 1 aliphatic heterocycles. The first-order valence-electron chi connectivity index (χ1n) is 5.98. The molecule has 0 aliphatic carbocycles. The van der Waals surface area contributed by atoms with Crippen LogP contribution in [0.25, 0.3) is 0 Å². The van der Waals surface area contributed by atoms with Crippen molar-refractivity contribution in [1.29, 1.82) is 5.26 Å². The third kappa shape index (κ3) is 1.59. The largest absolute Gasteiger partial charge is 0.284 e. The van der Waals surface area contributed by atoms with Crippen LogP contribution < -0.4 is 4.90 Å². The van der Waals surface area contributed by atoms with E-state index in [4.69, 9.17) is 5.26 Å². The van der Waals surface area contributed by atoms with Crippen LogP contribution in [-0.4, -0.2) is 16.8 Å². The van der Waals surface area contributed by atoms with E-state index < -0.39 is 11.8 Å². The number of anilines is 1. The van der Waals surface area contributed by atoms with Crippen molar-refractivity contribution in [3.8, 4) is 6.07 Å². The minimum atomic E-state index is -0.455. The number of fused-ring (bicyclic) bond motifs is 1. The molecule has 0 radical (unpaired) electrons. The highest BCUT2D eigenvalue weighted by atomic mass is 16.2. The molecule has 5 nitrogen and oxygen atoms in total. The second-order valence-corrected chi connectivity index (χ2v) is 4.46. The molecule has 1 aliphatic rings. The fraction of sp³-hybridized carbons (Fsp3) is 0.0667. The van der Waals surface area contributed by atoms with Crippen LogP contribution in [0.3, 0.4) is 0 Å². The first-order chi connectivity index (χ1) is 9.63. The molecular weight excluding hydrogens is 254 g/mol. The van der Waals surface area contributed by atoms with Crippen molar-refractivity contribution in [3.05, 3.63) is 58.9 Å². The zero-order valence-electron chi connectivity index (χ0n) is 10.6. The summed E-state index contributed by atoms with van der Waals surface area (Å²) in [5, 5.41) is 8.95. The fourth-order valence-corrected chi connectivity index (χ4v) is 2.21. The molecule has 96 valence electrons. The number of hydrogen-bond donors (Lipinski definition) is 0. The topological polar surface area (TPSA) is 74.1 Å². The Morgan fingerprint density at radius 1 is 1.20 bits per heavy atom. The Hall–Kier alpha value is -3.00. The van der Waals surface area contributed by atoms with Gasteiger partial charge in [0.2, 0.25) is 0 Å². The molecule has 5 heteroatoms. The molecule has 2 aromatic rings. The van der Waals surface area contributed by atoms with E-state index in [-0.39, 0.29) is 5.69 Å². The van der Waals surface area contributed by atoms with Gasteiger partial charge in [0.15, 0.2) is 0 Å². The van der Waals surface area contributed by atoms with Crippen LogP contribution >= 0.6 is 0 Å². The van der Waals surface area contributed by atoms with Crippen molar-refractivity contribution >= 4 is 17.5 Å². The molecule has 1 aromatic heterocycles. The zero-order chi connectivity index (χ0) is 14.3. The number of hydrogen-bond acceptors (Lipinski definition) is 4. The molecule has 0 atom stereocenters. The van der Waals surface area contributed by atoms with Gasteiger partial charge in [0.1, 0.15) is 5.69 Å². The number of nitrogens with zero attached hydrogens (tertiary/aromatic N) is 3. The Bertz CT molecular complexity index is 755.